The number of ether oxygens (including phenoxy) is 6. The zero-order valence-electron chi connectivity index (χ0n) is 29.7. The highest BCUT2D eigenvalue weighted by atomic mass is 32.2. The van der Waals surface area contributed by atoms with Crippen molar-refractivity contribution in [2.24, 2.45) is 11.3 Å². The minimum absolute atomic E-state index is 0.0132. The number of amides is 3. The first-order valence-electron chi connectivity index (χ1n) is 17.9. The lowest BCUT2D eigenvalue weighted by molar-refractivity contribution is -0.0907. The molecule has 0 bridgehead atoms. The van der Waals surface area contributed by atoms with Gasteiger partial charge in [-0.1, -0.05) is 44.2 Å². The van der Waals surface area contributed by atoms with E-state index in [9.17, 15) is 23.1 Å². The Morgan fingerprint density at radius 2 is 1.83 bits per heavy atom. The quantitative estimate of drug-likeness (QED) is 0.229. The molecule has 52 heavy (non-hydrogen) atoms. The summed E-state index contributed by atoms with van der Waals surface area (Å²) in [6.07, 6.45) is -0.849. The third kappa shape index (κ3) is 9.65. The van der Waals surface area contributed by atoms with Crippen molar-refractivity contribution in [2.45, 2.75) is 69.0 Å². The summed E-state index contributed by atoms with van der Waals surface area (Å²) < 4.78 is 63.2. The van der Waals surface area contributed by atoms with E-state index in [4.69, 9.17) is 28.4 Å². The maximum atomic E-state index is 14.4. The third-order valence-electron chi connectivity index (χ3n) is 9.89. The predicted octanol–water partition coefficient (Wildman–Crippen LogP) is 2.71. The van der Waals surface area contributed by atoms with Gasteiger partial charge in [-0.25, -0.2) is 18.0 Å². The molecule has 15 nitrogen and oxygen atoms in total. The molecule has 2 aromatic rings. The number of carbonyl (C=O) groups excluding carboxylic acids is 2. The van der Waals surface area contributed by atoms with Gasteiger partial charge in [0.05, 0.1) is 49.4 Å². The van der Waals surface area contributed by atoms with Gasteiger partial charge in [0.1, 0.15) is 6.10 Å². The molecule has 0 aromatic heterocycles. The lowest BCUT2D eigenvalue weighted by Gasteiger charge is -2.35. The van der Waals surface area contributed by atoms with Crippen molar-refractivity contribution >= 4 is 22.1 Å². The Morgan fingerprint density at radius 1 is 1.06 bits per heavy atom. The first kappa shape index (κ1) is 38.1. The fraction of sp³-hybridized carbons (Fsp3) is 0.611. The van der Waals surface area contributed by atoms with Crippen molar-refractivity contribution in [1.82, 2.24) is 19.8 Å². The monoisotopic (exact) mass is 746 g/mol. The Bertz CT molecular complexity index is 1620. The van der Waals surface area contributed by atoms with E-state index >= 15 is 0 Å². The summed E-state index contributed by atoms with van der Waals surface area (Å²) in [7, 11) is -4.20. The Morgan fingerprint density at radius 3 is 2.62 bits per heavy atom. The van der Waals surface area contributed by atoms with E-state index in [2.05, 4.69) is 10.6 Å². The fourth-order valence-corrected chi connectivity index (χ4v) is 8.65. The van der Waals surface area contributed by atoms with E-state index in [1.54, 1.807) is 11.0 Å². The van der Waals surface area contributed by atoms with Gasteiger partial charge in [0.15, 0.2) is 17.8 Å². The summed E-state index contributed by atoms with van der Waals surface area (Å²) in [5.74, 6) is 0.688. The smallest absolute Gasteiger partial charge is 0.407 e. The molecule has 0 spiro atoms. The van der Waals surface area contributed by atoms with Gasteiger partial charge in [0, 0.05) is 38.8 Å². The van der Waals surface area contributed by atoms with Gasteiger partial charge in [0.25, 0.3) is 0 Å². The number of morpholine rings is 1. The molecule has 3 saturated heterocycles. The minimum atomic E-state index is -4.20. The van der Waals surface area contributed by atoms with Gasteiger partial charge in [0.2, 0.25) is 16.8 Å². The standard InChI is InChI=1S/C36H50N4O11S/c1-36(2,12-6-13-37-34(42)39-14-17-46-18-15-39)23-40(52(44,45)26-9-10-30-31(20-26)50-24-49-30)21-29(41)28(19-25-7-4-3-5-8-25)38-35(43)51-32-22-48-33-27(32)11-16-47-33/h3-5,7-10,20,27-29,32-33,41H,6,11-19,21-24H2,1-2H3,(H,37,42)(H,38,43)/t27-,28-,29+,32-,33+/m0/s1. The highest BCUT2D eigenvalue weighted by Crippen LogP contribution is 2.36. The number of aliphatic hydroxyl groups excluding tert-OH is 1. The van der Waals surface area contributed by atoms with Crippen LogP contribution in [0, 0.1) is 11.3 Å². The zero-order chi connectivity index (χ0) is 36.7. The lowest BCUT2D eigenvalue weighted by atomic mass is 9.87. The molecule has 4 aliphatic rings. The molecule has 6 rings (SSSR count). The molecule has 2 aromatic carbocycles. The number of aliphatic hydroxyl groups is 1. The molecule has 16 heteroatoms. The average Bonchev–Trinajstić information content (AvgIpc) is 3.89. The summed E-state index contributed by atoms with van der Waals surface area (Å²) in [5, 5.41) is 17.6. The van der Waals surface area contributed by atoms with Crippen molar-refractivity contribution in [3.63, 3.8) is 0 Å². The van der Waals surface area contributed by atoms with Crippen LogP contribution in [0.1, 0.15) is 38.7 Å². The van der Waals surface area contributed by atoms with E-state index in [1.807, 2.05) is 44.2 Å². The number of sulfonamides is 1. The molecular weight excluding hydrogens is 696 g/mol. The van der Waals surface area contributed by atoms with Gasteiger partial charge < -0.3 is 49.1 Å². The summed E-state index contributed by atoms with van der Waals surface area (Å²) in [6, 6.07) is 12.7. The number of hydrogen-bond acceptors (Lipinski definition) is 11. The van der Waals surface area contributed by atoms with Crippen LogP contribution in [0.3, 0.4) is 0 Å². The average molecular weight is 747 g/mol. The number of carbonyl (C=O) groups is 2. The predicted molar refractivity (Wildman–Crippen MR) is 187 cm³/mol. The Labute approximate surface area is 304 Å². The maximum absolute atomic E-state index is 14.4. The van der Waals surface area contributed by atoms with E-state index in [0.717, 1.165) is 5.56 Å². The molecule has 3 amide bonds. The molecule has 4 heterocycles. The largest absolute Gasteiger partial charge is 0.454 e. The van der Waals surface area contributed by atoms with Crippen LogP contribution < -0.4 is 20.1 Å². The molecule has 4 aliphatic heterocycles. The molecular formula is C36H50N4O11S. The highest BCUT2D eigenvalue weighted by Gasteiger charge is 2.44. The van der Waals surface area contributed by atoms with Crippen LogP contribution >= 0.6 is 0 Å². The number of hydrogen-bond donors (Lipinski definition) is 3. The van der Waals surface area contributed by atoms with Crippen LogP contribution in [0.15, 0.2) is 53.4 Å². The Hall–Kier alpha value is -3.67. The van der Waals surface area contributed by atoms with Crippen molar-refractivity contribution < 1.29 is 51.5 Å². The summed E-state index contributed by atoms with van der Waals surface area (Å²) in [4.78, 5) is 27.6. The number of nitrogens with one attached hydrogen (secondary N) is 2. The summed E-state index contributed by atoms with van der Waals surface area (Å²) in [5.41, 5.74) is 0.265. The van der Waals surface area contributed by atoms with Crippen LogP contribution in [-0.2, 0) is 35.4 Å². The molecule has 3 fully saturated rings. The van der Waals surface area contributed by atoms with Crippen LogP contribution in [0.5, 0.6) is 11.5 Å². The highest BCUT2D eigenvalue weighted by molar-refractivity contribution is 7.89. The fourth-order valence-electron chi connectivity index (χ4n) is 6.99. The third-order valence-corrected chi connectivity index (χ3v) is 11.7. The zero-order valence-corrected chi connectivity index (χ0v) is 30.6. The van der Waals surface area contributed by atoms with E-state index in [0.29, 0.717) is 70.2 Å². The van der Waals surface area contributed by atoms with Crippen LogP contribution in [0.4, 0.5) is 9.59 Å². The lowest BCUT2D eigenvalue weighted by Crippen LogP contribution is -2.52. The van der Waals surface area contributed by atoms with Crippen molar-refractivity contribution in [1.29, 1.82) is 0 Å². The molecule has 0 saturated carbocycles. The van der Waals surface area contributed by atoms with Crippen LogP contribution in [-0.4, -0.2) is 125 Å². The second-order valence-electron chi connectivity index (χ2n) is 14.4. The first-order chi connectivity index (χ1) is 25.0. The van der Waals surface area contributed by atoms with E-state index < -0.39 is 46.1 Å². The topological polar surface area (TPSA) is 174 Å². The van der Waals surface area contributed by atoms with Gasteiger partial charge in [-0.3, -0.25) is 0 Å². The SMILES string of the molecule is CC(C)(CCCNC(=O)N1CCOCC1)CN(C[C@@H](O)[C@H](Cc1ccccc1)NC(=O)O[C@H]1CO[C@H]2OCC[C@H]21)S(=O)(=O)c1ccc2c(c1)OCO2. The second-order valence-corrected chi connectivity index (χ2v) is 16.3. The second kappa shape index (κ2) is 17.0. The van der Waals surface area contributed by atoms with Crippen LogP contribution in [0.2, 0.25) is 0 Å². The molecule has 0 aliphatic carbocycles. The van der Waals surface area contributed by atoms with Crippen molar-refractivity contribution in [3.8, 4) is 11.5 Å². The normalized spacial score (nSPS) is 22.5. The number of rotatable bonds is 15. The summed E-state index contributed by atoms with van der Waals surface area (Å²) >= 11 is 0. The van der Waals surface area contributed by atoms with E-state index in [1.165, 1.54) is 16.4 Å². The van der Waals surface area contributed by atoms with Crippen molar-refractivity contribution in [3.05, 3.63) is 54.1 Å². The molecule has 5 atom stereocenters. The van der Waals surface area contributed by atoms with Gasteiger partial charge in [-0.2, -0.15) is 4.31 Å². The number of urea groups is 1. The molecule has 3 N–H and O–H groups in total. The number of fused-ring (bicyclic) bond motifs is 2. The molecule has 0 unspecified atom stereocenters. The minimum Gasteiger partial charge on any atom is -0.454 e. The van der Waals surface area contributed by atoms with Gasteiger partial charge in [-0.15, -0.1) is 0 Å². The van der Waals surface area contributed by atoms with Crippen LogP contribution in [0.25, 0.3) is 0 Å². The maximum Gasteiger partial charge on any atom is 0.407 e. The molecule has 0 radical (unpaired) electrons. The first-order valence-corrected chi connectivity index (χ1v) is 19.4. The number of benzene rings is 2. The molecule has 286 valence electrons. The Kier molecular flexibility index (Phi) is 12.4. The summed E-state index contributed by atoms with van der Waals surface area (Å²) in [6.45, 7) is 6.86. The Balaban J connectivity index is 1.17. The van der Waals surface area contributed by atoms with E-state index in [-0.39, 0.29) is 49.8 Å². The number of nitrogens with zero attached hydrogens (tertiary/aromatic N) is 2. The van der Waals surface area contributed by atoms with Gasteiger partial charge >= 0.3 is 12.1 Å². The van der Waals surface area contributed by atoms with Gasteiger partial charge in [-0.05, 0) is 48.8 Å². The number of alkyl carbamates (subject to hydrolysis) is 1. The van der Waals surface area contributed by atoms with Crippen molar-refractivity contribution in [2.75, 3.05) is 65.9 Å².